The monoisotopic (exact) mass is 421 g/mol. The highest BCUT2D eigenvalue weighted by Gasteiger charge is 2.33. The lowest BCUT2D eigenvalue weighted by Crippen LogP contribution is -2.46. The summed E-state index contributed by atoms with van der Waals surface area (Å²) in [6.45, 7) is -0.0902. The molecule has 0 aliphatic carbocycles. The van der Waals surface area contributed by atoms with Crippen molar-refractivity contribution in [1.82, 2.24) is 0 Å². The van der Waals surface area contributed by atoms with Gasteiger partial charge in [-0.2, -0.15) is 0 Å². The molecule has 1 amide bonds. The highest BCUT2D eigenvalue weighted by Crippen LogP contribution is 2.27. The molecule has 0 aliphatic rings. The van der Waals surface area contributed by atoms with E-state index in [9.17, 15) is 14.7 Å². The van der Waals surface area contributed by atoms with Gasteiger partial charge >= 0.3 is 12.1 Å². The molecule has 4 aromatic rings. The third kappa shape index (κ3) is 4.36. The van der Waals surface area contributed by atoms with Gasteiger partial charge in [-0.3, -0.25) is 4.90 Å². The Hall–Kier alpha value is -3.58. The highest BCUT2D eigenvalue weighted by molar-refractivity contribution is 7.14. The first-order chi connectivity index (χ1) is 14.6. The van der Waals surface area contributed by atoms with Crippen molar-refractivity contribution in [1.29, 1.82) is 0 Å². The number of amides is 1. The zero-order valence-corrected chi connectivity index (χ0v) is 16.7. The van der Waals surface area contributed by atoms with E-state index >= 15 is 0 Å². The fourth-order valence-electron chi connectivity index (χ4n) is 3.21. The molecule has 0 unspecified atom stereocenters. The number of fused-ring (bicyclic) bond motifs is 1. The van der Waals surface area contributed by atoms with E-state index in [-0.39, 0.29) is 13.0 Å². The highest BCUT2D eigenvalue weighted by atomic mass is 32.1. The fourth-order valence-corrected chi connectivity index (χ4v) is 3.98. The first-order valence-corrected chi connectivity index (χ1v) is 10.2. The van der Waals surface area contributed by atoms with E-state index in [1.807, 2.05) is 54.6 Å². The van der Waals surface area contributed by atoms with Gasteiger partial charge in [-0.05, 0) is 35.2 Å². The van der Waals surface area contributed by atoms with Crippen LogP contribution in [-0.4, -0.2) is 23.2 Å². The minimum absolute atomic E-state index is 0.0902. The molecule has 6 nitrogen and oxygen atoms in total. The van der Waals surface area contributed by atoms with Crippen molar-refractivity contribution < 1.29 is 23.8 Å². The van der Waals surface area contributed by atoms with E-state index in [0.29, 0.717) is 16.3 Å². The number of anilines is 1. The Balaban J connectivity index is 1.56. The molecule has 0 fully saturated rings. The maximum atomic E-state index is 13.0. The molecule has 30 heavy (non-hydrogen) atoms. The number of aliphatic carboxylic acids is 1. The molecule has 0 radical (unpaired) electrons. The number of carbonyl (C=O) groups is 2. The zero-order chi connectivity index (χ0) is 20.9. The molecule has 7 heteroatoms. The van der Waals surface area contributed by atoms with Crippen molar-refractivity contribution in [3.05, 3.63) is 89.5 Å². The Labute approximate surface area is 176 Å². The standard InChI is InChI=1S/C23H19NO5S/c25-22(26)19(13-16-7-2-1-3-8-16)24(21-11-6-12-30-21)23(27)28-15-18-14-17-9-4-5-10-20(17)29-18/h1-12,14,19H,13,15H2,(H,25,26)/t19-/m1/s1. The van der Waals surface area contributed by atoms with Crippen LogP contribution in [0.4, 0.5) is 9.80 Å². The molecule has 4 rings (SSSR count). The van der Waals surface area contributed by atoms with Crippen molar-refractivity contribution in [3.8, 4) is 0 Å². The van der Waals surface area contributed by atoms with Crippen molar-refractivity contribution in [3.63, 3.8) is 0 Å². The molecule has 1 atom stereocenters. The number of rotatable bonds is 7. The van der Waals surface area contributed by atoms with Gasteiger partial charge in [-0.25, -0.2) is 9.59 Å². The minimum Gasteiger partial charge on any atom is -0.480 e. The fraction of sp³-hybridized carbons (Fsp3) is 0.130. The van der Waals surface area contributed by atoms with Gasteiger partial charge in [0.05, 0.1) is 0 Å². The van der Waals surface area contributed by atoms with Crippen molar-refractivity contribution >= 4 is 39.4 Å². The van der Waals surface area contributed by atoms with Crippen LogP contribution in [0.15, 0.2) is 82.6 Å². The Morgan fingerprint density at radius 1 is 1.03 bits per heavy atom. The minimum atomic E-state index is -1.10. The van der Waals surface area contributed by atoms with Crippen molar-refractivity contribution in [2.24, 2.45) is 0 Å². The second kappa shape index (κ2) is 8.84. The number of para-hydroxylation sites is 1. The SMILES string of the molecule is O=C(O)[C@@H](Cc1ccccc1)N(C(=O)OCc1cc2ccccc2o1)c1cccs1. The number of thiophene rings is 1. The summed E-state index contributed by atoms with van der Waals surface area (Å²) in [7, 11) is 0. The summed E-state index contributed by atoms with van der Waals surface area (Å²) >= 11 is 1.28. The molecule has 0 saturated heterocycles. The summed E-state index contributed by atoms with van der Waals surface area (Å²) < 4.78 is 11.1. The first-order valence-electron chi connectivity index (χ1n) is 9.35. The average Bonchev–Trinajstić information content (AvgIpc) is 3.42. The van der Waals surface area contributed by atoms with E-state index in [1.165, 1.54) is 16.2 Å². The van der Waals surface area contributed by atoms with Gasteiger partial charge in [0.15, 0.2) is 6.61 Å². The van der Waals surface area contributed by atoms with Crippen molar-refractivity contribution in [2.45, 2.75) is 19.1 Å². The topological polar surface area (TPSA) is 80.0 Å². The van der Waals surface area contributed by atoms with Crippen LogP contribution >= 0.6 is 11.3 Å². The van der Waals surface area contributed by atoms with Gasteiger partial charge in [0, 0.05) is 11.8 Å². The van der Waals surface area contributed by atoms with Crippen molar-refractivity contribution in [2.75, 3.05) is 4.90 Å². The predicted octanol–water partition coefficient (Wildman–Crippen LogP) is 5.33. The third-order valence-corrected chi connectivity index (χ3v) is 5.49. The number of furan rings is 1. The van der Waals surface area contributed by atoms with Gasteiger partial charge in [-0.15, -0.1) is 11.3 Å². The second-order valence-corrected chi connectivity index (χ2v) is 7.60. The Morgan fingerprint density at radius 2 is 1.80 bits per heavy atom. The van der Waals surface area contributed by atoms with E-state index < -0.39 is 18.1 Å². The molecule has 152 valence electrons. The van der Waals surface area contributed by atoms with Crippen LogP contribution in [-0.2, 0) is 22.6 Å². The maximum Gasteiger partial charge on any atom is 0.416 e. The molecule has 0 bridgehead atoms. The predicted molar refractivity (Wildman–Crippen MR) is 115 cm³/mol. The number of hydrogen-bond donors (Lipinski definition) is 1. The summed E-state index contributed by atoms with van der Waals surface area (Å²) in [5.41, 5.74) is 1.52. The van der Waals surface area contributed by atoms with Crippen LogP contribution in [0, 0.1) is 0 Å². The van der Waals surface area contributed by atoms with E-state index in [0.717, 1.165) is 10.9 Å². The van der Waals surface area contributed by atoms with Gasteiger partial charge < -0.3 is 14.3 Å². The molecular formula is C23H19NO5S. The van der Waals surface area contributed by atoms with Crippen LogP contribution < -0.4 is 4.90 Å². The van der Waals surface area contributed by atoms with E-state index in [2.05, 4.69) is 0 Å². The lowest BCUT2D eigenvalue weighted by Gasteiger charge is -2.27. The Bertz CT molecular complexity index is 1100. The average molecular weight is 421 g/mol. The number of hydrogen-bond acceptors (Lipinski definition) is 5. The van der Waals surface area contributed by atoms with Gasteiger partial charge in [0.2, 0.25) is 0 Å². The normalized spacial score (nSPS) is 11.9. The van der Waals surface area contributed by atoms with Crippen LogP contribution in [0.1, 0.15) is 11.3 Å². The number of benzene rings is 2. The maximum absolute atomic E-state index is 13.0. The first kappa shape index (κ1) is 19.7. The second-order valence-electron chi connectivity index (χ2n) is 6.67. The summed E-state index contributed by atoms with van der Waals surface area (Å²) in [5.74, 6) is -0.612. The van der Waals surface area contributed by atoms with Crippen LogP contribution in [0.5, 0.6) is 0 Å². The quantitative estimate of drug-likeness (QED) is 0.436. The lowest BCUT2D eigenvalue weighted by molar-refractivity contribution is -0.138. The molecule has 1 N–H and O–H groups in total. The summed E-state index contributed by atoms with van der Waals surface area (Å²) in [6.07, 6.45) is -0.574. The molecule has 2 heterocycles. The van der Waals surface area contributed by atoms with Gasteiger partial charge in [-0.1, -0.05) is 48.5 Å². The Morgan fingerprint density at radius 3 is 2.50 bits per heavy atom. The van der Waals surface area contributed by atoms with Gasteiger partial charge in [0.1, 0.15) is 22.4 Å². The zero-order valence-electron chi connectivity index (χ0n) is 15.9. The molecule has 0 aliphatic heterocycles. The van der Waals surface area contributed by atoms with Crippen LogP contribution in [0.25, 0.3) is 11.0 Å². The van der Waals surface area contributed by atoms with E-state index in [1.54, 1.807) is 23.6 Å². The summed E-state index contributed by atoms with van der Waals surface area (Å²) in [6, 6.07) is 20.9. The lowest BCUT2D eigenvalue weighted by atomic mass is 10.1. The summed E-state index contributed by atoms with van der Waals surface area (Å²) in [5, 5.41) is 13.1. The molecular weight excluding hydrogens is 402 g/mol. The number of ether oxygens (including phenoxy) is 1. The Kier molecular flexibility index (Phi) is 5.81. The van der Waals surface area contributed by atoms with Crippen LogP contribution in [0.3, 0.4) is 0 Å². The molecule has 0 spiro atoms. The number of nitrogens with zero attached hydrogens (tertiary/aromatic N) is 1. The van der Waals surface area contributed by atoms with Gasteiger partial charge in [0.25, 0.3) is 0 Å². The van der Waals surface area contributed by atoms with Crippen LogP contribution in [0.2, 0.25) is 0 Å². The third-order valence-electron chi connectivity index (χ3n) is 4.62. The van der Waals surface area contributed by atoms with E-state index in [4.69, 9.17) is 9.15 Å². The number of carboxylic acid groups (broad SMARTS) is 1. The smallest absolute Gasteiger partial charge is 0.416 e. The molecule has 2 aromatic heterocycles. The number of carboxylic acids is 1. The largest absolute Gasteiger partial charge is 0.480 e. The number of carbonyl (C=O) groups excluding carboxylic acids is 1. The molecule has 2 aromatic carbocycles. The molecule has 0 saturated carbocycles. The summed E-state index contributed by atoms with van der Waals surface area (Å²) in [4.78, 5) is 26.2.